The Morgan fingerprint density at radius 1 is 1.06 bits per heavy atom. The lowest BCUT2D eigenvalue weighted by Crippen LogP contribution is -2.42. The Labute approximate surface area is 194 Å². The van der Waals surface area contributed by atoms with Crippen LogP contribution in [0.2, 0.25) is 0 Å². The minimum absolute atomic E-state index is 0.00478. The summed E-state index contributed by atoms with van der Waals surface area (Å²) >= 11 is 0. The lowest BCUT2D eigenvalue weighted by molar-refractivity contribution is 0.0623. The van der Waals surface area contributed by atoms with Gasteiger partial charge in [-0.25, -0.2) is 4.68 Å². The topological polar surface area (TPSA) is 76.5 Å². The van der Waals surface area contributed by atoms with Crippen molar-refractivity contribution in [3.05, 3.63) is 71.5 Å². The number of nitrogens with one attached hydrogen (secondary N) is 1. The number of carbonyl (C=O) groups is 2. The third-order valence-corrected chi connectivity index (χ3v) is 6.03. The summed E-state index contributed by atoms with van der Waals surface area (Å²) in [6.07, 6.45) is 2.81. The molecule has 172 valence electrons. The third-order valence-electron chi connectivity index (χ3n) is 6.03. The van der Waals surface area contributed by atoms with Crippen LogP contribution in [0.4, 0.5) is 5.69 Å². The number of rotatable bonds is 5. The normalized spacial score (nSPS) is 18.1. The van der Waals surface area contributed by atoms with Gasteiger partial charge in [-0.05, 0) is 55.0 Å². The Morgan fingerprint density at radius 3 is 2.42 bits per heavy atom. The molecule has 0 aliphatic carbocycles. The molecule has 2 atom stereocenters. The number of amides is 2. The van der Waals surface area contributed by atoms with Gasteiger partial charge in [-0.1, -0.05) is 38.1 Å². The number of hydrogen-bond acceptors (Lipinski definition) is 4. The summed E-state index contributed by atoms with van der Waals surface area (Å²) in [7, 11) is 1.51. The molecular formula is C26H30N4O3. The third kappa shape index (κ3) is 4.92. The number of para-hydroxylation sites is 1. The zero-order chi connectivity index (χ0) is 23.5. The molecule has 1 aliphatic heterocycles. The summed E-state index contributed by atoms with van der Waals surface area (Å²) in [6, 6.07) is 14.9. The number of anilines is 1. The van der Waals surface area contributed by atoms with E-state index in [-0.39, 0.29) is 11.6 Å². The number of nitrogens with zero attached hydrogens (tertiary/aromatic N) is 3. The number of aromatic nitrogens is 2. The van der Waals surface area contributed by atoms with Crippen molar-refractivity contribution >= 4 is 17.5 Å². The Balaban J connectivity index is 1.56. The van der Waals surface area contributed by atoms with Crippen LogP contribution in [-0.4, -0.2) is 46.7 Å². The van der Waals surface area contributed by atoms with E-state index in [1.807, 2.05) is 54.3 Å². The average molecular weight is 447 g/mol. The van der Waals surface area contributed by atoms with Crippen LogP contribution in [0.5, 0.6) is 5.75 Å². The van der Waals surface area contributed by atoms with Gasteiger partial charge in [0.1, 0.15) is 0 Å². The molecule has 2 unspecified atom stereocenters. The molecule has 7 heteroatoms. The van der Waals surface area contributed by atoms with E-state index >= 15 is 0 Å². The summed E-state index contributed by atoms with van der Waals surface area (Å²) in [5, 5.41) is 7.35. The standard InChI is InChI=1S/C26H30N4O3/c1-17-12-18(2)15-29(14-17)26(32)20-11-10-19(3)22(13-20)27-25(31)24-23(33-4)16-30(28-24)21-8-6-5-7-9-21/h5-11,13,16-18H,12,14-15H2,1-4H3,(H,27,31). The van der Waals surface area contributed by atoms with Gasteiger partial charge >= 0.3 is 0 Å². The second kappa shape index (κ2) is 9.48. The quantitative estimate of drug-likeness (QED) is 0.623. The van der Waals surface area contributed by atoms with Gasteiger partial charge in [-0.15, -0.1) is 0 Å². The molecule has 0 saturated carbocycles. The van der Waals surface area contributed by atoms with Gasteiger partial charge in [-0.2, -0.15) is 5.10 Å². The lowest BCUT2D eigenvalue weighted by atomic mass is 9.91. The second-order valence-electron chi connectivity index (χ2n) is 8.97. The van der Waals surface area contributed by atoms with Gasteiger partial charge in [0.15, 0.2) is 11.4 Å². The van der Waals surface area contributed by atoms with Gasteiger partial charge in [0, 0.05) is 24.3 Å². The summed E-state index contributed by atoms with van der Waals surface area (Å²) in [6.45, 7) is 7.77. The first-order chi connectivity index (χ1) is 15.9. The number of piperidine rings is 1. The van der Waals surface area contributed by atoms with Crippen LogP contribution in [0.3, 0.4) is 0 Å². The largest absolute Gasteiger partial charge is 0.493 e. The van der Waals surface area contributed by atoms with Gasteiger partial charge < -0.3 is 15.0 Å². The molecule has 2 heterocycles. The highest BCUT2D eigenvalue weighted by Gasteiger charge is 2.27. The fraction of sp³-hybridized carbons (Fsp3) is 0.346. The second-order valence-corrected chi connectivity index (χ2v) is 8.97. The van der Waals surface area contributed by atoms with Crippen LogP contribution in [0.25, 0.3) is 5.69 Å². The van der Waals surface area contributed by atoms with Crippen LogP contribution in [-0.2, 0) is 0 Å². The molecule has 1 aliphatic rings. The Bertz CT molecular complexity index is 1150. The first kappa shape index (κ1) is 22.6. The van der Waals surface area contributed by atoms with Crippen molar-refractivity contribution in [3.63, 3.8) is 0 Å². The number of carbonyl (C=O) groups excluding carboxylic acids is 2. The number of hydrogen-bond donors (Lipinski definition) is 1. The van der Waals surface area contributed by atoms with Crippen molar-refractivity contribution in [2.45, 2.75) is 27.2 Å². The van der Waals surface area contributed by atoms with Crippen molar-refractivity contribution in [1.29, 1.82) is 0 Å². The summed E-state index contributed by atoms with van der Waals surface area (Å²) < 4.78 is 7.00. The fourth-order valence-corrected chi connectivity index (χ4v) is 4.46. The predicted molar refractivity (Wildman–Crippen MR) is 128 cm³/mol. The molecule has 3 aromatic rings. The summed E-state index contributed by atoms with van der Waals surface area (Å²) in [4.78, 5) is 28.2. The highest BCUT2D eigenvalue weighted by molar-refractivity contribution is 6.06. The molecular weight excluding hydrogens is 416 g/mol. The van der Waals surface area contributed by atoms with Gasteiger partial charge in [0.2, 0.25) is 0 Å². The first-order valence-corrected chi connectivity index (χ1v) is 11.3. The molecule has 7 nitrogen and oxygen atoms in total. The number of benzene rings is 2. The number of aryl methyl sites for hydroxylation is 1. The van der Waals surface area contributed by atoms with Crippen molar-refractivity contribution in [2.75, 3.05) is 25.5 Å². The highest BCUT2D eigenvalue weighted by atomic mass is 16.5. The number of ether oxygens (including phenoxy) is 1. The van der Waals surface area contributed by atoms with Crippen LogP contribution in [0.1, 0.15) is 46.7 Å². The molecule has 33 heavy (non-hydrogen) atoms. The van der Waals surface area contributed by atoms with E-state index in [2.05, 4.69) is 24.3 Å². The minimum Gasteiger partial charge on any atom is -0.493 e. The van der Waals surface area contributed by atoms with E-state index < -0.39 is 5.91 Å². The fourth-order valence-electron chi connectivity index (χ4n) is 4.46. The molecule has 1 fully saturated rings. The first-order valence-electron chi connectivity index (χ1n) is 11.3. The van der Waals surface area contributed by atoms with Crippen molar-refractivity contribution in [2.24, 2.45) is 11.8 Å². The molecule has 2 amide bonds. The molecule has 4 rings (SSSR count). The van der Waals surface area contributed by atoms with E-state index in [0.29, 0.717) is 28.8 Å². The Morgan fingerprint density at radius 2 is 1.76 bits per heavy atom. The number of likely N-dealkylation sites (tertiary alicyclic amines) is 1. The highest BCUT2D eigenvalue weighted by Crippen LogP contribution is 2.26. The molecule has 0 spiro atoms. The molecule has 1 saturated heterocycles. The minimum atomic E-state index is -0.394. The van der Waals surface area contributed by atoms with E-state index in [1.54, 1.807) is 16.9 Å². The monoisotopic (exact) mass is 446 g/mol. The van der Waals surface area contributed by atoms with Crippen LogP contribution < -0.4 is 10.1 Å². The van der Waals surface area contributed by atoms with Gasteiger partial charge in [-0.3, -0.25) is 9.59 Å². The SMILES string of the molecule is COc1cn(-c2ccccc2)nc1C(=O)Nc1cc(C(=O)N2CC(C)CC(C)C2)ccc1C. The maximum atomic E-state index is 13.1. The van der Waals surface area contributed by atoms with Crippen LogP contribution in [0, 0.1) is 18.8 Å². The van der Waals surface area contributed by atoms with E-state index in [4.69, 9.17) is 4.74 Å². The maximum absolute atomic E-state index is 13.1. The van der Waals surface area contributed by atoms with Crippen molar-refractivity contribution in [1.82, 2.24) is 14.7 Å². The van der Waals surface area contributed by atoms with E-state index in [0.717, 1.165) is 30.8 Å². The maximum Gasteiger partial charge on any atom is 0.280 e. The smallest absolute Gasteiger partial charge is 0.280 e. The molecule has 1 aromatic heterocycles. The lowest BCUT2D eigenvalue weighted by Gasteiger charge is -2.35. The summed E-state index contributed by atoms with van der Waals surface area (Å²) in [5.41, 5.74) is 3.01. The van der Waals surface area contributed by atoms with Crippen LogP contribution >= 0.6 is 0 Å². The molecule has 2 aromatic carbocycles. The van der Waals surface area contributed by atoms with Crippen molar-refractivity contribution in [3.8, 4) is 11.4 Å². The van der Waals surface area contributed by atoms with Gasteiger partial charge in [0.25, 0.3) is 11.8 Å². The zero-order valence-corrected chi connectivity index (χ0v) is 19.5. The average Bonchev–Trinajstić information content (AvgIpc) is 3.25. The molecule has 1 N–H and O–H groups in total. The Hall–Kier alpha value is -3.61. The molecule has 0 radical (unpaired) electrons. The molecule has 0 bridgehead atoms. The zero-order valence-electron chi connectivity index (χ0n) is 19.5. The van der Waals surface area contributed by atoms with E-state index in [9.17, 15) is 9.59 Å². The van der Waals surface area contributed by atoms with E-state index in [1.165, 1.54) is 7.11 Å². The Kier molecular flexibility index (Phi) is 6.49. The van der Waals surface area contributed by atoms with Gasteiger partial charge in [0.05, 0.1) is 19.0 Å². The van der Waals surface area contributed by atoms with Crippen LogP contribution in [0.15, 0.2) is 54.7 Å². The van der Waals surface area contributed by atoms with Crippen molar-refractivity contribution < 1.29 is 14.3 Å². The predicted octanol–water partition coefficient (Wildman–Crippen LogP) is 4.56. The number of methoxy groups -OCH3 is 1. The summed E-state index contributed by atoms with van der Waals surface area (Å²) in [5.74, 6) is 0.936.